The third-order valence-corrected chi connectivity index (χ3v) is 3.42. The number of pyridine rings is 1. The van der Waals surface area contributed by atoms with E-state index in [1.165, 1.54) is 0 Å². The van der Waals surface area contributed by atoms with Crippen LogP contribution in [0.5, 0.6) is 0 Å². The lowest BCUT2D eigenvalue weighted by Crippen LogP contribution is -2.25. The van der Waals surface area contributed by atoms with E-state index in [9.17, 15) is 5.11 Å². The van der Waals surface area contributed by atoms with Gasteiger partial charge in [-0.2, -0.15) is 0 Å². The van der Waals surface area contributed by atoms with Crippen LogP contribution in [0.4, 0.5) is 0 Å². The highest BCUT2D eigenvalue weighted by atomic mass is 16.3. The first kappa shape index (κ1) is 10.5. The molecule has 17 heavy (non-hydrogen) atoms. The molecule has 86 valence electrons. The molecule has 0 saturated carbocycles. The average molecular weight is 225 g/mol. The lowest BCUT2D eigenvalue weighted by molar-refractivity contribution is 0.0739. The second-order valence-corrected chi connectivity index (χ2v) is 4.60. The van der Waals surface area contributed by atoms with Crippen LogP contribution >= 0.6 is 0 Å². The number of fused-ring (bicyclic) bond motifs is 1. The molecule has 0 amide bonds. The van der Waals surface area contributed by atoms with E-state index in [2.05, 4.69) is 11.1 Å². The molecule has 1 aliphatic rings. The van der Waals surface area contributed by atoms with E-state index in [1.807, 2.05) is 36.4 Å². The zero-order valence-corrected chi connectivity index (χ0v) is 9.63. The molecule has 0 bridgehead atoms. The molecule has 0 fully saturated rings. The highest BCUT2D eigenvalue weighted by molar-refractivity contribution is 5.82. The third-order valence-electron chi connectivity index (χ3n) is 3.42. The minimum Gasteiger partial charge on any atom is -0.381 e. The molecule has 2 aromatic rings. The van der Waals surface area contributed by atoms with Crippen molar-refractivity contribution in [2.75, 3.05) is 0 Å². The molecule has 1 unspecified atom stereocenters. The molecule has 1 heterocycles. The summed E-state index contributed by atoms with van der Waals surface area (Å²) >= 11 is 0. The molecule has 1 aromatic heterocycles. The van der Waals surface area contributed by atoms with Crippen LogP contribution in [0.25, 0.3) is 10.9 Å². The van der Waals surface area contributed by atoms with E-state index in [-0.39, 0.29) is 0 Å². The fraction of sp³-hybridized carbons (Fsp3) is 0.267. The Morgan fingerprint density at radius 3 is 2.88 bits per heavy atom. The van der Waals surface area contributed by atoms with Gasteiger partial charge < -0.3 is 5.11 Å². The van der Waals surface area contributed by atoms with Crippen LogP contribution < -0.4 is 0 Å². The number of nitrogens with zero attached hydrogens (tertiary/aromatic N) is 1. The lowest BCUT2D eigenvalue weighted by atomic mass is 9.83. The van der Waals surface area contributed by atoms with Crippen molar-refractivity contribution in [2.24, 2.45) is 0 Å². The summed E-state index contributed by atoms with van der Waals surface area (Å²) in [5, 5.41) is 11.8. The number of hydrogen-bond donors (Lipinski definition) is 1. The summed E-state index contributed by atoms with van der Waals surface area (Å²) in [6.45, 7) is 0. The van der Waals surface area contributed by atoms with Gasteiger partial charge in [-0.3, -0.25) is 4.98 Å². The van der Waals surface area contributed by atoms with Gasteiger partial charge in [-0.15, -0.1) is 0 Å². The molecule has 3 rings (SSSR count). The van der Waals surface area contributed by atoms with Gasteiger partial charge in [0, 0.05) is 17.1 Å². The van der Waals surface area contributed by atoms with Crippen LogP contribution in [0.1, 0.15) is 24.8 Å². The Bertz CT molecular complexity index is 571. The van der Waals surface area contributed by atoms with Crippen LogP contribution in [0, 0.1) is 0 Å². The molecule has 0 saturated heterocycles. The van der Waals surface area contributed by atoms with Crippen molar-refractivity contribution in [3.8, 4) is 0 Å². The maximum atomic E-state index is 10.7. The highest BCUT2D eigenvalue weighted by Gasteiger charge is 2.29. The highest BCUT2D eigenvalue weighted by Crippen LogP contribution is 2.35. The monoisotopic (exact) mass is 225 g/mol. The van der Waals surface area contributed by atoms with Gasteiger partial charge in [0.25, 0.3) is 0 Å². The fourth-order valence-electron chi connectivity index (χ4n) is 2.53. The molecule has 2 nitrogen and oxygen atoms in total. The molecule has 1 aromatic carbocycles. The lowest BCUT2D eigenvalue weighted by Gasteiger charge is -2.28. The van der Waals surface area contributed by atoms with Gasteiger partial charge in [0.2, 0.25) is 0 Å². The Balaban J connectivity index is 2.23. The number of hydrogen-bond acceptors (Lipinski definition) is 2. The van der Waals surface area contributed by atoms with Crippen molar-refractivity contribution >= 4 is 10.9 Å². The SMILES string of the molecule is OC1(c2cccc3cccnc23)C=CCCC1. The molecule has 1 aliphatic carbocycles. The van der Waals surface area contributed by atoms with E-state index in [0.29, 0.717) is 0 Å². The summed E-state index contributed by atoms with van der Waals surface area (Å²) in [6.07, 6.45) is 8.61. The Hall–Kier alpha value is -1.67. The van der Waals surface area contributed by atoms with Crippen LogP contribution in [0.15, 0.2) is 48.7 Å². The van der Waals surface area contributed by atoms with Crippen LogP contribution in [-0.4, -0.2) is 10.1 Å². The normalized spacial score (nSPS) is 24.1. The quantitative estimate of drug-likeness (QED) is 0.756. The smallest absolute Gasteiger partial charge is 0.110 e. The van der Waals surface area contributed by atoms with Crippen molar-refractivity contribution in [2.45, 2.75) is 24.9 Å². The first-order chi connectivity index (χ1) is 8.30. The maximum Gasteiger partial charge on any atom is 0.110 e. The minimum atomic E-state index is -0.841. The first-order valence-electron chi connectivity index (χ1n) is 6.04. The summed E-state index contributed by atoms with van der Waals surface area (Å²) in [5.74, 6) is 0. The average Bonchev–Trinajstić information content (AvgIpc) is 2.39. The number of benzene rings is 1. The third kappa shape index (κ3) is 1.75. The van der Waals surface area contributed by atoms with Gasteiger partial charge in [0.1, 0.15) is 5.60 Å². The first-order valence-corrected chi connectivity index (χ1v) is 6.04. The second kappa shape index (κ2) is 3.97. The van der Waals surface area contributed by atoms with Crippen LogP contribution in [0.3, 0.4) is 0 Å². The molecule has 2 heteroatoms. The van der Waals surface area contributed by atoms with Gasteiger partial charge in [0.05, 0.1) is 5.52 Å². The predicted molar refractivity (Wildman–Crippen MR) is 68.6 cm³/mol. The summed E-state index contributed by atoms with van der Waals surface area (Å²) < 4.78 is 0. The van der Waals surface area contributed by atoms with Gasteiger partial charge in [-0.05, 0) is 25.3 Å². The summed E-state index contributed by atoms with van der Waals surface area (Å²) in [5.41, 5.74) is 0.988. The van der Waals surface area contributed by atoms with E-state index < -0.39 is 5.60 Å². The molecular formula is C15H15NO. The Morgan fingerprint density at radius 1 is 1.18 bits per heavy atom. The van der Waals surface area contributed by atoms with E-state index in [0.717, 1.165) is 35.7 Å². The number of rotatable bonds is 1. The van der Waals surface area contributed by atoms with E-state index >= 15 is 0 Å². The largest absolute Gasteiger partial charge is 0.381 e. The van der Waals surface area contributed by atoms with Gasteiger partial charge in [0.15, 0.2) is 0 Å². The van der Waals surface area contributed by atoms with Gasteiger partial charge >= 0.3 is 0 Å². The zero-order valence-electron chi connectivity index (χ0n) is 9.63. The zero-order chi connectivity index (χ0) is 11.7. The number of aromatic nitrogens is 1. The molecule has 0 radical (unpaired) electrons. The van der Waals surface area contributed by atoms with Crippen molar-refractivity contribution < 1.29 is 5.11 Å². The molecule has 1 atom stereocenters. The van der Waals surface area contributed by atoms with E-state index in [4.69, 9.17) is 0 Å². The van der Waals surface area contributed by atoms with Gasteiger partial charge in [-0.1, -0.05) is 36.4 Å². The molecular weight excluding hydrogens is 210 g/mol. The van der Waals surface area contributed by atoms with Crippen LogP contribution in [0.2, 0.25) is 0 Å². The Kier molecular flexibility index (Phi) is 2.45. The summed E-state index contributed by atoms with van der Waals surface area (Å²) in [6, 6.07) is 9.95. The number of aliphatic hydroxyl groups is 1. The minimum absolute atomic E-state index is 0.777. The molecule has 1 N–H and O–H groups in total. The summed E-state index contributed by atoms with van der Waals surface area (Å²) in [4.78, 5) is 4.41. The standard InChI is InChI=1S/C15H15NO/c17-15(9-2-1-3-10-15)13-8-4-6-12-7-5-11-16-14(12)13/h2,4-9,11,17H,1,3,10H2. The van der Waals surface area contributed by atoms with Crippen molar-refractivity contribution in [3.63, 3.8) is 0 Å². The summed E-state index contributed by atoms with van der Waals surface area (Å²) in [7, 11) is 0. The number of para-hydroxylation sites is 1. The van der Waals surface area contributed by atoms with Gasteiger partial charge in [-0.25, -0.2) is 0 Å². The van der Waals surface area contributed by atoms with Crippen molar-refractivity contribution in [1.29, 1.82) is 0 Å². The Morgan fingerprint density at radius 2 is 2.06 bits per heavy atom. The fourth-order valence-corrected chi connectivity index (χ4v) is 2.53. The second-order valence-electron chi connectivity index (χ2n) is 4.60. The Labute approximate surface area is 101 Å². The predicted octanol–water partition coefficient (Wildman–Crippen LogP) is 3.16. The van der Waals surface area contributed by atoms with Crippen molar-refractivity contribution in [1.82, 2.24) is 4.98 Å². The molecule has 0 spiro atoms. The van der Waals surface area contributed by atoms with Crippen molar-refractivity contribution in [3.05, 3.63) is 54.2 Å². The topological polar surface area (TPSA) is 33.1 Å². The van der Waals surface area contributed by atoms with E-state index in [1.54, 1.807) is 6.20 Å². The van der Waals surface area contributed by atoms with Crippen LogP contribution in [-0.2, 0) is 5.60 Å². The number of allylic oxidation sites excluding steroid dienone is 1. The maximum absolute atomic E-state index is 10.7. The molecule has 0 aliphatic heterocycles.